The lowest BCUT2D eigenvalue weighted by molar-refractivity contribution is 0.329. The topological polar surface area (TPSA) is 64.5 Å². The maximum Gasteiger partial charge on any atom is 0.239 e. The summed E-state index contributed by atoms with van der Waals surface area (Å²) in [7, 11) is 0. The SMILES string of the molecule is CCOc1nc(N(Cc2ccco2)C2CC2)ccc1N. The summed E-state index contributed by atoms with van der Waals surface area (Å²) >= 11 is 0. The summed E-state index contributed by atoms with van der Waals surface area (Å²) in [6.07, 6.45) is 4.08. The van der Waals surface area contributed by atoms with Crippen LogP contribution in [0, 0.1) is 0 Å². The van der Waals surface area contributed by atoms with Crippen molar-refractivity contribution in [3.8, 4) is 5.88 Å². The van der Waals surface area contributed by atoms with Crippen LogP contribution in [-0.2, 0) is 6.54 Å². The molecule has 1 fully saturated rings. The molecular formula is C15H19N3O2. The Morgan fingerprint density at radius 1 is 1.40 bits per heavy atom. The number of furan rings is 1. The van der Waals surface area contributed by atoms with E-state index in [2.05, 4.69) is 9.88 Å². The van der Waals surface area contributed by atoms with Crippen molar-refractivity contribution in [2.24, 2.45) is 0 Å². The molecule has 5 heteroatoms. The number of pyridine rings is 1. The quantitative estimate of drug-likeness (QED) is 0.876. The van der Waals surface area contributed by atoms with Crippen molar-refractivity contribution in [2.75, 3.05) is 17.2 Å². The second-order valence-corrected chi connectivity index (χ2v) is 4.94. The lowest BCUT2D eigenvalue weighted by Gasteiger charge is -2.23. The van der Waals surface area contributed by atoms with E-state index in [1.807, 2.05) is 31.2 Å². The fourth-order valence-corrected chi connectivity index (χ4v) is 2.21. The molecule has 1 saturated carbocycles. The molecule has 2 aromatic rings. The molecule has 2 aromatic heterocycles. The summed E-state index contributed by atoms with van der Waals surface area (Å²) in [5.74, 6) is 2.34. The number of nitrogens with two attached hydrogens (primary N) is 1. The van der Waals surface area contributed by atoms with E-state index >= 15 is 0 Å². The Kier molecular flexibility index (Phi) is 3.50. The van der Waals surface area contributed by atoms with Crippen LogP contribution in [-0.4, -0.2) is 17.6 Å². The predicted octanol–water partition coefficient (Wildman–Crippen LogP) is 2.82. The molecule has 3 rings (SSSR count). The Labute approximate surface area is 118 Å². The van der Waals surface area contributed by atoms with E-state index in [1.54, 1.807) is 6.26 Å². The van der Waals surface area contributed by atoms with Crippen LogP contribution in [0.4, 0.5) is 11.5 Å². The van der Waals surface area contributed by atoms with Gasteiger partial charge in [-0.3, -0.25) is 0 Å². The fourth-order valence-electron chi connectivity index (χ4n) is 2.21. The van der Waals surface area contributed by atoms with Gasteiger partial charge in [-0.1, -0.05) is 0 Å². The van der Waals surface area contributed by atoms with Crippen LogP contribution in [0.25, 0.3) is 0 Å². The molecule has 0 aliphatic heterocycles. The van der Waals surface area contributed by atoms with Crippen molar-refractivity contribution >= 4 is 11.5 Å². The molecule has 0 aromatic carbocycles. The number of anilines is 2. The highest BCUT2D eigenvalue weighted by molar-refractivity contribution is 5.55. The van der Waals surface area contributed by atoms with Crippen LogP contribution in [0.3, 0.4) is 0 Å². The Morgan fingerprint density at radius 3 is 2.90 bits per heavy atom. The fraction of sp³-hybridized carbons (Fsp3) is 0.400. The average molecular weight is 273 g/mol. The van der Waals surface area contributed by atoms with Gasteiger partial charge in [0.1, 0.15) is 11.6 Å². The molecule has 0 amide bonds. The van der Waals surface area contributed by atoms with Crippen LogP contribution < -0.4 is 15.4 Å². The van der Waals surface area contributed by atoms with E-state index in [9.17, 15) is 0 Å². The van der Waals surface area contributed by atoms with Gasteiger partial charge in [-0.15, -0.1) is 0 Å². The number of nitrogens with zero attached hydrogens (tertiary/aromatic N) is 2. The minimum Gasteiger partial charge on any atom is -0.476 e. The molecule has 20 heavy (non-hydrogen) atoms. The number of hydrogen-bond acceptors (Lipinski definition) is 5. The summed E-state index contributed by atoms with van der Waals surface area (Å²) in [6.45, 7) is 3.21. The van der Waals surface area contributed by atoms with Gasteiger partial charge in [0, 0.05) is 6.04 Å². The third-order valence-corrected chi connectivity index (χ3v) is 3.34. The van der Waals surface area contributed by atoms with E-state index < -0.39 is 0 Å². The predicted molar refractivity (Wildman–Crippen MR) is 77.7 cm³/mol. The first-order valence-corrected chi connectivity index (χ1v) is 6.96. The standard InChI is InChI=1S/C15H19N3O2/c1-2-19-15-13(16)7-8-14(17-15)18(11-5-6-11)10-12-4-3-9-20-12/h3-4,7-9,11H,2,5-6,10,16H2,1H3. The molecule has 0 bridgehead atoms. The first-order chi connectivity index (χ1) is 9.78. The molecular weight excluding hydrogens is 254 g/mol. The second kappa shape index (κ2) is 5.45. The number of nitrogen functional groups attached to an aromatic ring is 1. The Morgan fingerprint density at radius 2 is 2.25 bits per heavy atom. The van der Waals surface area contributed by atoms with Crippen LogP contribution in [0.2, 0.25) is 0 Å². The van der Waals surface area contributed by atoms with Crippen molar-refractivity contribution in [1.29, 1.82) is 0 Å². The molecule has 0 radical (unpaired) electrons. The summed E-state index contributed by atoms with van der Waals surface area (Å²) < 4.78 is 10.9. The zero-order valence-corrected chi connectivity index (χ0v) is 11.6. The molecule has 0 atom stereocenters. The van der Waals surface area contributed by atoms with Crippen LogP contribution >= 0.6 is 0 Å². The third kappa shape index (κ3) is 2.71. The molecule has 0 unspecified atom stereocenters. The van der Waals surface area contributed by atoms with Gasteiger partial charge in [0.05, 0.1) is 25.1 Å². The van der Waals surface area contributed by atoms with Gasteiger partial charge in [0.2, 0.25) is 5.88 Å². The highest BCUT2D eigenvalue weighted by Gasteiger charge is 2.31. The zero-order chi connectivity index (χ0) is 13.9. The molecule has 1 aliphatic carbocycles. The number of ether oxygens (including phenoxy) is 1. The smallest absolute Gasteiger partial charge is 0.239 e. The lowest BCUT2D eigenvalue weighted by Crippen LogP contribution is -2.26. The molecule has 2 heterocycles. The zero-order valence-electron chi connectivity index (χ0n) is 11.6. The first-order valence-electron chi connectivity index (χ1n) is 6.96. The van der Waals surface area contributed by atoms with Gasteiger partial charge in [0.15, 0.2) is 0 Å². The summed E-state index contributed by atoms with van der Waals surface area (Å²) in [4.78, 5) is 6.79. The first kappa shape index (κ1) is 12.8. The van der Waals surface area contributed by atoms with E-state index in [4.69, 9.17) is 14.9 Å². The van der Waals surface area contributed by atoms with Crippen molar-refractivity contribution in [1.82, 2.24) is 4.98 Å². The van der Waals surface area contributed by atoms with Crippen LogP contribution in [0.15, 0.2) is 34.9 Å². The van der Waals surface area contributed by atoms with Gasteiger partial charge >= 0.3 is 0 Å². The number of aromatic nitrogens is 1. The highest BCUT2D eigenvalue weighted by Crippen LogP contribution is 2.34. The summed E-state index contributed by atoms with van der Waals surface area (Å²) in [5, 5.41) is 0. The van der Waals surface area contributed by atoms with Gasteiger partial charge < -0.3 is 19.8 Å². The van der Waals surface area contributed by atoms with Gasteiger partial charge in [-0.2, -0.15) is 4.98 Å². The number of hydrogen-bond donors (Lipinski definition) is 1. The minimum absolute atomic E-state index is 0.509. The molecule has 1 aliphatic rings. The average Bonchev–Trinajstić information content (AvgIpc) is 3.16. The molecule has 106 valence electrons. The second-order valence-electron chi connectivity index (χ2n) is 4.94. The Bertz CT molecular complexity index is 565. The summed E-state index contributed by atoms with van der Waals surface area (Å²) in [6, 6.07) is 8.22. The van der Waals surface area contributed by atoms with Crippen LogP contribution in [0.1, 0.15) is 25.5 Å². The lowest BCUT2D eigenvalue weighted by atomic mass is 10.3. The highest BCUT2D eigenvalue weighted by atomic mass is 16.5. The number of rotatable bonds is 6. The van der Waals surface area contributed by atoms with Crippen molar-refractivity contribution < 1.29 is 9.15 Å². The maximum absolute atomic E-state index is 5.88. The Hall–Kier alpha value is -2.17. The minimum atomic E-state index is 0.509. The van der Waals surface area contributed by atoms with Crippen molar-refractivity contribution in [2.45, 2.75) is 32.4 Å². The van der Waals surface area contributed by atoms with Crippen molar-refractivity contribution in [3.05, 3.63) is 36.3 Å². The molecule has 0 saturated heterocycles. The van der Waals surface area contributed by atoms with E-state index in [1.165, 1.54) is 12.8 Å². The van der Waals surface area contributed by atoms with Crippen LogP contribution in [0.5, 0.6) is 5.88 Å². The monoisotopic (exact) mass is 273 g/mol. The molecule has 2 N–H and O–H groups in total. The summed E-state index contributed by atoms with van der Waals surface area (Å²) in [5.41, 5.74) is 6.45. The van der Waals surface area contributed by atoms with Gasteiger partial charge in [0.25, 0.3) is 0 Å². The normalized spacial score (nSPS) is 14.2. The molecule has 0 spiro atoms. The van der Waals surface area contributed by atoms with E-state index in [0.717, 1.165) is 18.1 Å². The maximum atomic E-state index is 5.88. The van der Waals surface area contributed by atoms with E-state index in [0.29, 0.717) is 24.2 Å². The Balaban J connectivity index is 1.85. The van der Waals surface area contributed by atoms with Gasteiger partial charge in [-0.25, -0.2) is 0 Å². The van der Waals surface area contributed by atoms with Crippen molar-refractivity contribution in [3.63, 3.8) is 0 Å². The van der Waals surface area contributed by atoms with E-state index in [-0.39, 0.29) is 0 Å². The third-order valence-electron chi connectivity index (χ3n) is 3.34. The largest absolute Gasteiger partial charge is 0.476 e. The molecule has 5 nitrogen and oxygen atoms in total. The van der Waals surface area contributed by atoms with Gasteiger partial charge in [-0.05, 0) is 44.0 Å².